The molecular formula is C16H24N2O3. The van der Waals surface area contributed by atoms with E-state index in [1.54, 1.807) is 6.07 Å². The van der Waals surface area contributed by atoms with Gasteiger partial charge < -0.3 is 20.1 Å². The molecule has 5 heteroatoms. The van der Waals surface area contributed by atoms with Gasteiger partial charge in [-0.25, -0.2) is 0 Å². The largest absolute Gasteiger partial charge is 0.449 e. The highest BCUT2D eigenvalue weighted by molar-refractivity contribution is 5.91. The van der Waals surface area contributed by atoms with E-state index < -0.39 is 5.79 Å². The molecule has 0 atom stereocenters. The first kappa shape index (κ1) is 15.6. The van der Waals surface area contributed by atoms with E-state index in [1.165, 1.54) is 0 Å². The minimum atomic E-state index is -0.645. The number of benzene rings is 1. The summed E-state index contributed by atoms with van der Waals surface area (Å²) in [6, 6.07) is 5.90. The van der Waals surface area contributed by atoms with Crippen LogP contribution in [0.15, 0.2) is 18.2 Å². The molecule has 0 unspecified atom stereocenters. The molecule has 1 heterocycles. The van der Waals surface area contributed by atoms with Gasteiger partial charge in [-0.05, 0) is 25.1 Å². The summed E-state index contributed by atoms with van der Waals surface area (Å²) in [6.45, 7) is 8.74. The first-order valence-electron chi connectivity index (χ1n) is 7.41. The lowest BCUT2D eigenvalue weighted by molar-refractivity contribution is -0.116. The molecule has 0 radical (unpaired) electrons. The van der Waals surface area contributed by atoms with Gasteiger partial charge in [0.25, 0.3) is 0 Å². The van der Waals surface area contributed by atoms with Gasteiger partial charge in [0.1, 0.15) is 0 Å². The van der Waals surface area contributed by atoms with E-state index in [2.05, 4.69) is 24.5 Å². The number of anilines is 1. The summed E-state index contributed by atoms with van der Waals surface area (Å²) in [7, 11) is 0. The molecule has 0 saturated heterocycles. The van der Waals surface area contributed by atoms with Crippen molar-refractivity contribution in [3.05, 3.63) is 18.2 Å². The standard InChI is InChI=1S/C16H24N2O3/c1-11(2)17-9-5-6-15(19)18-12-7-8-13-14(10-12)21-16(3,4)20-13/h7-8,10-11,17H,5-6,9H2,1-4H3,(H,18,19). The van der Waals surface area contributed by atoms with Crippen LogP contribution in [-0.4, -0.2) is 24.3 Å². The Kier molecular flexibility index (Phi) is 4.73. The Bertz CT molecular complexity index is 512. The van der Waals surface area contributed by atoms with Crippen molar-refractivity contribution in [1.82, 2.24) is 5.32 Å². The van der Waals surface area contributed by atoms with Crippen LogP contribution in [0, 0.1) is 0 Å². The lowest BCUT2D eigenvalue weighted by Crippen LogP contribution is -2.29. The summed E-state index contributed by atoms with van der Waals surface area (Å²) in [5.74, 6) is 0.741. The van der Waals surface area contributed by atoms with Gasteiger partial charge in [-0.1, -0.05) is 13.8 Å². The molecule has 0 aliphatic carbocycles. The molecule has 1 amide bonds. The van der Waals surface area contributed by atoms with Crippen molar-refractivity contribution >= 4 is 11.6 Å². The molecule has 0 spiro atoms. The van der Waals surface area contributed by atoms with Crippen LogP contribution in [0.25, 0.3) is 0 Å². The quantitative estimate of drug-likeness (QED) is 0.792. The Labute approximate surface area is 126 Å². The van der Waals surface area contributed by atoms with Crippen LogP contribution in [0.1, 0.15) is 40.5 Å². The zero-order valence-corrected chi connectivity index (χ0v) is 13.2. The van der Waals surface area contributed by atoms with Crippen LogP contribution in [0.5, 0.6) is 11.5 Å². The van der Waals surface area contributed by atoms with Crippen LogP contribution in [0.3, 0.4) is 0 Å². The lowest BCUT2D eigenvalue weighted by atomic mass is 10.2. The van der Waals surface area contributed by atoms with E-state index >= 15 is 0 Å². The summed E-state index contributed by atoms with van der Waals surface area (Å²) in [6.07, 6.45) is 1.32. The fourth-order valence-electron chi connectivity index (χ4n) is 2.16. The second-order valence-electron chi connectivity index (χ2n) is 6.03. The van der Waals surface area contributed by atoms with Crippen LogP contribution >= 0.6 is 0 Å². The first-order chi connectivity index (χ1) is 9.85. The molecule has 116 valence electrons. The molecular weight excluding hydrogens is 268 g/mol. The number of hydrogen-bond acceptors (Lipinski definition) is 4. The summed E-state index contributed by atoms with van der Waals surface area (Å²) in [5, 5.41) is 6.18. The predicted octanol–water partition coefficient (Wildman–Crippen LogP) is 2.91. The number of amides is 1. The molecule has 0 saturated carbocycles. The molecule has 1 aliphatic rings. The zero-order valence-electron chi connectivity index (χ0n) is 13.2. The Morgan fingerprint density at radius 2 is 1.95 bits per heavy atom. The minimum Gasteiger partial charge on any atom is -0.449 e. The highest BCUT2D eigenvalue weighted by Crippen LogP contribution is 2.40. The molecule has 21 heavy (non-hydrogen) atoms. The second kappa shape index (κ2) is 6.35. The maximum atomic E-state index is 11.9. The number of fused-ring (bicyclic) bond motifs is 1. The lowest BCUT2D eigenvalue weighted by Gasteiger charge is -2.16. The number of nitrogens with one attached hydrogen (secondary N) is 2. The minimum absolute atomic E-state index is 0.0127. The third-order valence-electron chi connectivity index (χ3n) is 3.07. The van der Waals surface area contributed by atoms with Crippen molar-refractivity contribution in [2.24, 2.45) is 0 Å². The third kappa shape index (κ3) is 4.63. The van der Waals surface area contributed by atoms with E-state index in [0.29, 0.717) is 24.0 Å². The number of hydrogen-bond donors (Lipinski definition) is 2. The number of carbonyl (C=O) groups is 1. The van der Waals surface area contributed by atoms with Crippen molar-refractivity contribution in [2.45, 2.75) is 52.4 Å². The summed E-state index contributed by atoms with van der Waals surface area (Å²) >= 11 is 0. The molecule has 0 bridgehead atoms. The molecule has 1 aromatic carbocycles. The molecule has 0 aromatic heterocycles. The molecule has 1 aromatic rings. The fourth-order valence-corrected chi connectivity index (χ4v) is 2.16. The number of carbonyl (C=O) groups excluding carboxylic acids is 1. The fraction of sp³-hybridized carbons (Fsp3) is 0.562. The van der Waals surface area contributed by atoms with E-state index in [4.69, 9.17) is 9.47 Å². The van der Waals surface area contributed by atoms with Crippen molar-refractivity contribution in [3.8, 4) is 11.5 Å². The topological polar surface area (TPSA) is 59.6 Å². The van der Waals surface area contributed by atoms with E-state index in [1.807, 2.05) is 26.0 Å². The SMILES string of the molecule is CC(C)NCCCC(=O)Nc1ccc2c(c1)OC(C)(C)O2. The highest BCUT2D eigenvalue weighted by atomic mass is 16.7. The van der Waals surface area contributed by atoms with Gasteiger partial charge in [0.15, 0.2) is 11.5 Å². The Morgan fingerprint density at radius 3 is 2.67 bits per heavy atom. The van der Waals surface area contributed by atoms with Gasteiger partial charge in [-0.3, -0.25) is 4.79 Å². The Morgan fingerprint density at radius 1 is 1.24 bits per heavy atom. The number of ether oxygens (including phenoxy) is 2. The molecule has 2 N–H and O–H groups in total. The summed E-state index contributed by atoms with van der Waals surface area (Å²) in [5.41, 5.74) is 0.733. The maximum absolute atomic E-state index is 11.9. The molecule has 1 aliphatic heterocycles. The van der Waals surface area contributed by atoms with Crippen LogP contribution in [-0.2, 0) is 4.79 Å². The van der Waals surface area contributed by atoms with Crippen LogP contribution in [0.4, 0.5) is 5.69 Å². The smallest absolute Gasteiger partial charge is 0.246 e. The van der Waals surface area contributed by atoms with E-state index in [9.17, 15) is 4.79 Å². The van der Waals surface area contributed by atoms with Gasteiger partial charge in [0.05, 0.1) is 0 Å². The van der Waals surface area contributed by atoms with Gasteiger partial charge in [0.2, 0.25) is 11.7 Å². The van der Waals surface area contributed by atoms with Gasteiger partial charge in [-0.2, -0.15) is 0 Å². The van der Waals surface area contributed by atoms with Crippen LogP contribution < -0.4 is 20.1 Å². The van der Waals surface area contributed by atoms with Gasteiger partial charge in [-0.15, -0.1) is 0 Å². The van der Waals surface area contributed by atoms with Crippen molar-refractivity contribution in [3.63, 3.8) is 0 Å². The zero-order chi connectivity index (χ0) is 15.5. The average Bonchev–Trinajstić information content (AvgIpc) is 2.67. The predicted molar refractivity (Wildman–Crippen MR) is 82.8 cm³/mol. The second-order valence-corrected chi connectivity index (χ2v) is 6.03. The molecule has 5 nitrogen and oxygen atoms in total. The molecule has 2 rings (SSSR count). The summed E-state index contributed by atoms with van der Waals surface area (Å²) < 4.78 is 11.3. The van der Waals surface area contributed by atoms with Crippen molar-refractivity contribution in [2.75, 3.05) is 11.9 Å². The van der Waals surface area contributed by atoms with E-state index in [0.717, 1.165) is 18.7 Å². The normalized spacial score (nSPS) is 15.3. The highest BCUT2D eigenvalue weighted by Gasteiger charge is 2.31. The van der Waals surface area contributed by atoms with Crippen LogP contribution in [0.2, 0.25) is 0 Å². The number of rotatable bonds is 6. The first-order valence-corrected chi connectivity index (χ1v) is 7.41. The average molecular weight is 292 g/mol. The Hall–Kier alpha value is -1.75. The monoisotopic (exact) mass is 292 g/mol. The van der Waals surface area contributed by atoms with Crippen molar-refractivity contribution < 1.29 is 14.3 Å². The summed E-state index contributed by atoms with van der Waals surface area (Å²) in [4.78, 5) is 11.9. The van der Waals surface area contributed by atoms with Crippen molar-refractivity contribution in [1.29, 1.82) is 0 Å². The Balaban J connectivity index is 1.83. The maximum Gasteiger partial charge on any atom is 0.246 e. The van der Waals surface area contributed by atoms with Gasteiger partial charge in [0, 0.05) is 38.1 Å². The third-order valence-corrected chi connectivity index (χ3v) is 3.07. The molecule has 0 fully saturated rings. The van der Waals surface area contributed by atoms with Gasteiger partial charge >= 0.3 is 0 Å². The van der Waals surface area contributed by atoms with E-state index in [-0.39, 0.29) is 5.91 Å².